The van der Waals surface area contributed by atoms with E-state index in [-0.39, 0.29) is 12.1 Å². The molecule has 0 N–H and O–H groups in total. The standard InChI is InChI=1S/C28H40O2/c1-21(2)10-8-12-23(5)16-19-27(20-25(7)13-9-11-22(3)4)30-28(29)26-17-14-24(6)15-18-26/h10-11,14-18,20,27H,8-9,12-13,19H2,1-7H3. The summed E-state index contributed by atoms with van der Waals surface area (Å²) in [5.74, 6) is -0.260. The second-order valence-corrected chi connectivity index (χ2v) is 8.75. The van der Waals surface area contributed by atoms with Crippen LogP contribution in [-0.2, 0) is 4.74 Å². The predicted molar refractivity (Wildman–Crippen MR) is 130 cm³/mol. The monoisotopic (exact) mass is 408 g/mol. The molecule has 1 aromatic carbocycles. The van der Waals surface area contributed by atoms with Crippen molar-refractivity contribution in [3.63, 3.8) is 0 Å². The molecule has 1 atom stereocenters. The Morgan fingerprint density at radius 3 is 1.90 bits per heavy atom. The maximum atomic E-state index is 12.7. The number of aryl methyl sites for hydroxylation is 1. The Kier molecular flexibility index (Phi) is 11.8. The highest BCUT2D eigenvalue weighted by Gasteiger charge is 2.14. The molecule has 0 radical (unpaired) electrons. The van der Waals surface area contributed by atoms with Crippen LogP contribution < -0.4 is 0 Å². The fraction of sp³-hybridized carbons (Fsp3) is 0.464. The van der Waals surface area contributed by atoms with Crippen LogP contribution in [-0.4, -0.2) is 12.1 Å². The molecule has 0 saturated carbocycles. The second kappa shape index (κ2) is 13.8. The minimum atomic E-state index is -0.260. The molecular weight excluding hydrogens is 368 g/mol. The Morgan fingerprint density at radius 2 is 1.37 bits per heavy atom. The largest absolute Gasteiger partial charge is 0.454 e. The number of ether oxygens (including phenoxy) is 1. The molecule has 0 bridgehead atoms. The van der Waals surface area contributed by atoms with Crippen molar-refractivity contribution in [2.75, 3.05) is 0 Å². The zero-order valence-electron chi connectivity index (χ0n) is 20.0. The Hall–Kier alpha value is -2.35. The Balaban J connectivity index is 2.86. The van der Waals surface area contributed by atoms with Crippen molar-refractivity contribution in [1.29, 1.82) is 0 Å². The van der Waals surface area contributed by atoms with Crippen LogP contribution in [0.1, 0.15) is 89.6 Å². The van der Waals surface area contributed by atoms with E-state index >= 15 is 0 Å². The molecule has 0 saturated heterocycles. The third-order valence-electron chi connectivity index (χ3n) is 4.90. The molecule has 0 spiro atoms. The molecule has 1 rings (SSSR count). The van der Waals surface area contributed by atoms with Gasteiger partial charge in [0.15, 0.2) is 0 Å². The van der Waals surface area contributed by atoms with Gasteiger partial charge in [0.1, 0.15) is 6.10 Å². The summed E-state index contributed by atoms with van der Waals surface area (Å²) in [6.07, 6.45) is 13.4. The molecule has 0 aromatic heterocycles. The summed E-state index contributed by atoms with van der Waals surface area (Å²) in [4.78, 5) is 12.7. The third-order valence-corrected chi connectivity index (χ3v) is 4.90. The first-order valence-corrected chi connectivity index (χ1v) is 11.0. The van der Waals surface area contributed by atoms with Crippen LogP contribution in [0.25, 0.3) is 0 Å². The van der Waals surface area contributed by atoms with Gasteiger partial charge in [-0.3, -0.25) is 0 Å². The summed E-state index contributed by atoms with van der Waals surface area (Å²) in [6.45, 7) is 14.8. The highest BCUT2D eigenvalue weighted by molar-refractivity contribution is 5.89. The Morgan fingerprint density at radius 1 is 0.833 bits per heavy atom. The van der Waals surface area contributed by atoms with E-state index in [1.54, 1.807) is 0 Å². The molecule has 0 aliphatic carbocycles. The van der Waals surface area contributed by atoms with Crippen LogP contribution in [0.5, 0.6) is 0 Å². The number of benzene rings is 1. The lowest BCUT2D eigenvalue weighted by atomic mass is 10.0. The predicted octanol–water partition coefficient (Wildman–Crippen LogP) is 8.30. The van der Waals surface area contributed by atoms with Crippen LogP contribution in [0, 0.1) is 6.92 Å². The quantitative estimate of drug-likeness (QED) is 0.272. The van der Waals surface area contributed by atoms with Crippen molar-refractivity contribution in [2.24, 2.45) is 0 Å². The van der Waals surface area contributed by atoms with Crippen LogP contribution in [0.15, 0.2) is 70.9 Å². The lowest BCUT2D eigenvalue weighted by molar-refractivity contribution is 0.0398. The van der Waals surface area contributed by atoms with Crippen molar-refractivity contribution in [3.8, 4) is 0 Å². The lowest BCUT2D eigenvalue weighted by Crippen LogP contribution is -2.16. The zero-order valence-corrected chi connectivity index (χ0v) is 20.0. The normalized spacial score (nSPS) is 12.9. The van der Waals surface area contributed by atoms with Crippen molar-refractivity contribution >= 4 is 5.97 Å². The zero-order chi connectivity index (χ0) is 22.5. The van der Waals surface area contributed by atoms with E-state index in [0.717, 1.165) is 31.2 Å². The van der Waals surface area contributed by atoms with Crippen LogP contribution in [0.2, 0.25) is 0 Å². The fourth-order valence-electron chi connectivity index (χ4n) is 3.04. The van der Waals surface area contributed by atoms with Crippen molar-refractivity contribution < 1.29 is 9.53 Å². The Labute approximate surface area is 184 Å². The molecule has 1 unspecified atom stereocenters. The maximum absolute atomic E-state index is 12.7. The second-order valence-electron chi connectivity index (χ2n) is 8.75. The Bertz CT molecular complexity index is 780. The number of esters is 1. The van der Waals surface area contributed by atoms with Crippen LogP contribution >= 0.6 is 0 Å². The third kappa shape index (κ3) is 11.6. The topological polar surface area (TPSA) is 26.3 Å². The SMILES string of the molecule is CC(C)=CCCC(C)=CCC(C=C(C)CCC=C(C)C)OC(=O)c1ccc(C)cc1. The summed E-state index contributed by atoms with van der Waals surface area (Å²) in [6, 6.07) is 7.56. The van der Waals surface area contributed by atoms with Gasteiger partial charge >= 0.3 is 5.97 Å². The summed E-state index contributed by atoms with van der Waals surface area (Å²) < 4.78 is 5.88. The van der Waals surface area contributed by atoms with E-state index in [2.05, 4.69) is 65.8 Å². The lowest BCUT2D eigenvalue weighted by Gasteiger charge is -2.15. The number of allylic oxidation sites excluding steroid dienone is 6. The average Bonchev–Trinajstić information content (AvgIpc) is 2.66. The molecule has 2 nitrogen and oxygen atoms in total. The minimum Gasteiger partial charge on any atom is -0.454 e. The van der Waals surface area contributed by atoms with Crippen molar-refractivity contribution in [3.05, 3.63) is 82.0 Å². The molecule has 0 heterocycles. The first-order valence-electron chi connectivity index (χ1n) is 11.0. The minimum absolute atomic E-state index is 0.246. The summed E-state index contributed by atoms with van der Waals surface area (Å²) >= 11 is 0. The molecule has 0 amide bonds. The van der Waals surface area contributed by atoms with Gasteiger partial charge in [-0.05, 0) is 92.4 Å². The molecule has 30 heavy (non-hydrogen) atoms. The first-order chi connectivity index (χ1) is 14.2. The van der Waals surface area contributed by atoms with Gasteiger partial charge in [-0.15, -0.1) is 0 Å². The highest BCUT2D eigenvalue weighted by atomic mass is 16.5. The van der Waals surface area contributed by atoms with E-state index < -0.39 is 0 Å². The smallest absolute Gasteiger partial charge is 0.338 e. The van der Waals surface area contributed by atoms with E-state index in [0.29, 0.717) is 12.0 Å². The number of hydrogen-bond acceptors (Lipinski definition) is 2. The molecule has 0 fully saturated rings. The van der Waals surface area contributed by atoms with Gasteiger partial charge in [0.25, 0.3) is 0 Å². The van der Waals surface area contributed by atoms with Crippen LogP contribution in [0.4, 0.5) is 0 Å². The van der Waals surface area contributed by atoms with Gasteiger partial charge in [-0.2, -0.15) is 0 Å². The number of hydrogen-bond donors (Lipinski definition) is 0. The molecule has 2 heteroatoms. The molecule has 164 valence electrons. The van der Waals surface area contributed by atoms with Crippen molar-refractivity contribution in [2.45, 2.75) is 86.7 Å². The number of rotatable bonds is 11. The van der Waals surface area contributed by atoms with E-state index in [9.17, 15) is 4.79 Å². The van der Waals surface area contributed by atoms with Gasteiger partial charge in [0.2, 0.25) is 0 Å². The van der Waals surface area contributed by atoms with Crippen molar-refractivity contribution in [1.82, 2.24) is 0 Å². The van der Waals surface area contributed by atoms with Gasteiger partial charge < -0.3 is 4.74 Å². The van der Waals surface area contributed by atoms with E-state index in [1.807, 2.05) is 31.2 Å². The highest BCUT2D eigenvalue weighted by Crippen LogP contribution is 2.16. The summed E-state index contributed by atoms with van der Waals surface area (Å²) in [7, 11) is 0. The van der Waals surface area contributed by atoms with Gasteiger partial charge in [0.05, 0.1) is 5.56 Å². The first kappa shape index (κ1) is 25.7. The number of carbonyl (C=O) groups is 1. The average molecular weight is 409 g/mol. The summed E-state index contributed by atoms with van der Waals surface area (Å²) in [5, 5.41) is 0. The molecule has 1 aromatic rings. The van der Waals surface area contributed by atoms with E-state index in [4.69, 9.17) is 4.74 Å². The molecule has 0 aliphatic heterocycles. The van der Waals surface area contributed by atoms with Crippen LogP contribution in [0.3, 0.4) is 0 Å². The van der Waals surface area contributed by atoms with Gasteiger partial charge in [0, 0.05) is 6.42 Å². The molecular formula is C28H40O2. The fourth-order valence-corrected chi connectivity index (χ4v) is 3.04. The van der Waals surface area contributed by atoms with Gasteiger partial charge in [-0.25, -0.2) is 4.79 Å². The summed E-state index contributed by atoms with van der Waals surface area (Å²) in [5.41, 5.74) is 7.01. The van der Waals surface area contributed by atoms with Gasteiger partial charge in [-0.1, -0.05) is 58.2 Å². The maximum Gasteiger partial charge on any atom is 0.338 e. The van der Waals surface area contributed by atoms with E-state index in [1.165, 1.54) is 22.3 Å². The number of carbonyl (C=O) groups excluding carboxylic acids is 1. The molecule has 0 aliphatic rings.